The molecule has 0 spiro atoms. The molecule has 5 nitrogen and oxygen atoms in total. The number of carbonyl (C=O) groups excluding carboxylic acids is 1. The highest BCUT2D eigenvalue weighted by Gasteiger charge is 2.24. The van der Waals surface area contributed by atoms with Gasteiger partial charge in [-0.3, -0.25) is 0 Å². The highest BCUT2D eigenvalue weighted by Crippen LogP contribution is 2.19. The van der Waals surface area contributed by atoms with Crippen molar-refractivity contribution in [2.24, 2.45) is 0 Å². The first-order valence-corrected chi connectivity index (χ1v) is 6.88. The normalized spacial score (nSPS) is 11.4. The van der Waals surface area contributed by atoms with E-state index in [1.807, 2.05) is 62.6 Å². The molecule has 1 aromatic heterocycles. The Labute approximate surface area is 124 Å². The molecule has 2 N–H and O–H groups in total. The quantitative estimate of drug-likeness (QED) is 0.881. The van der Waals surface area contributed by atoms with Crippen LogP contribution in [0.3, 0.4) is 0 Å². The highest BCUT2D eigenvalue weighted by atomic mass is 16.6. The summed E-state index contributed by atoms with van der Waals surface area (Å²) in [7, 11) is 0. The summed E-state index contributed by atoms with van der Waals surface area (Å²) in [6, 6.07) is 9.90. The van der Waals surface area contributed by atoms with E-state index in [9.17, 15) is 4.79 Å². The minimum absolute atomic E-state index is 0.179. The van der Waals surface area contributed by atoms with Gasteiger partial charge in [-0.25, -0.2) is 9.78 Å². The number of esters is 1. The summed E-state index contributed by atoms with van der Waals surface area (Å²) in [6.07, 6.45) is 0. The number of aromatic nitrogens is 2. The van der Waals surface area contributed by atoms with Crippen LogP contribution in [0, 0.1) is 6.92 Å². The number of anilines is 1. The van der Waals surface area contributed by atoms with Crippen LogP contribution < -0.4 is 5.73 Å². The van der Waals surface area contributed by atoms with Crippen LogP contribution in [-0.2, 0) is 11.3 Å². The molecule has 0 fully saturated rings. The van der Waals surface area contributed by atoms with Crippen LogP contribution in [0.5, 0.6) is 0 Å². The highest BCUT2D eigenvalue weighted by molar-refractivity contribution is 5.92. The van der Waals surface area contributed by atoms with Crippen molar-refractivity contribution in [3.63, 3.8) is 0 Å². The maximum Gasteiger partial charge on any atom is 0.361 e. The molecule has 0 aliphatic carbocycles. The molecule has 2 rings (SSSR count). The van der Waals surface area contributed by atoms with Gasteiger partial charge in [0.2, 0.25) is 0 Å². The van der Waals surface area contributed by atoms with Crippen LogP contribution in [0.15, 0.2) is 30.3 Å². The second-order valence-electron chi connectivity index (χ2n) is 5.97. The third-order valence-corrected chi connectivity index (χ3v) is 2.97. The van der Waals surface area contributed by atoms with Crippen LogP contribution in [0.25, 0.3) is 0 Å². The van der Waals surface area contributed by atoms with Crippen molar-refractivity contribution in [2.75, 3.05) is 5.73 Å². The van der Waals surface area contributed by atoms with Crippen LogP contribution in [-0.4, -0.2) is 21.1 Å². The lowest BCUT2D eigenvalue weighted by Gasteiger charge is -2.18. The monoisotopic (exact) mass is 287 g/mol. The third-order valence-electron chi connectivity index (χ3n) is 2.97. The second-order valence-corrected chi connectivity index (χ2v) is 5.97. The zero-order chi connectivity index (χ0) is 15.6. The number of ether oxygens (including phenoxy) is 1. The fourth-order valence-electron chi connectivity index (χ4n) is 2.02. The Hall–Kier alpha value is -2.30. The zero-order valence-corrected chi connectivity index (χ0v) is 12.9. The lowest BCUT2D eigenvalue weighted by molar-refractivity contribution is 0.00645. The average molecular weight is 287 g/mol. The molecule has 0 aliphatic rings. The third kappa shape index (κ3) is 3.62. The minimum Gasteiger partial charge on any atom is -0.455 e. The van der Waals surface area contributed by atoms with Gasteiger partial charge in [-0.2, -0.15) is 0 Å². The van der Waals surface area contributed by atoms with E-state index >= 15 is 0 Å². The molecule has 0 saturated heterocycles. The summed E-state index contributed by atoms with van der Waals surface area (Å²) in [5, 5.41) is 0. The number of aryl methyl sites for hydroxylation is 1. The molecular formula is C16H21N3O2. The Morgan fingerprint density at radius 2 is 1.90 bits per heavy atom. The average Bonchev–Trinajstić information content (AvgIpc) is 2.66. The van der Waals surface area contributed by atoms with Gasteiger partial charge in [0.1, 0.15) is 17.2 Å². The summed E-state index contributed by atoms with van der Waals surface area (Å²) in [5.41, 5.74) is 6.78. The Morgan fingerprint density at radius 1 is 1.29 bits per heavy atom. The number of rotatable bonds is 3. The Bertz CT molecular complexity index is 640. The molecule has 2 aromatic rings. The van der Waals surface area contributed by atoms with Gasteiger partial charge in [-0.05, 0) is 33.3 Å². The first-order chi connectivity index (χ1) is 9.78. The predicted octanol–water partition coefficient (Wildman–Crippen LogP) is 2.78. The molecule has 1 aromatic carbocycles. The lowest BCUT2D eigenvalue weighted by atomic mass is 10.2. The van der Waals surface area contributed by atoms with Gasteiger partial charge in [0, 0.05) is 0 Å². The number of imidazole rings is 1. The minimum atomic E-state index is -0.569. The molecule has 21 heavy (non-hydrogen) atoms. The van der Waals surface area contributed by atoms with Gasteiger partial charge in [0.05, 0.1) is 6.54 Å². The Balaban J connectivity index is 2.28. The van der Waals surface area contributed by atoms with E-state index in [0.29, 0.717) is 18.2 Å². The van der Waals surface area contributed by atoms with E-state index in [4.69, 9.17) is 10.5 Å². The Morgan fingerprint density at radius 3 is 2.48 bits per heavy atom. The van der Waals surface area contributed by atoms with Crippen LogP contribution in [0.1, 0.15) is 42.6 Å². The fraction of sp³-hybridized carbons (Fsp3) is 0.375. The summed E-state index contributed by atoms with van der Waals surface area (Å²) >= 11 is 0. The summed E-state index contributed by atoms with van der Waals surface area (Å²) in [6.45, 7) is 7.85. The number of benzene rings is 1. The van der Waals surface area contributed by atoms with E-state index in [0.717, 1.165) is 5.56 Å². The van der Waals surface area contributed by atoms with E-state index < -0.39 is 11.6 Å². The molecule has 112 valence electrons. The molecule has 1 heterocycles. The van der Waals surface area contributed by atoms with Crippen molar-refractivity contribution >= 4 is 11.8 Å². The second kappa shape index (κ2) is 5.60. The molecule has 0 amide bonds. The maximum absolute atomic E-state index is 12.1. The number of nitrogens with two attached hydrogens (primary N) is 1. The molecule has 5 heteroatoms. The van der Waals surface area contributed by atoms with Gasteiger partial charge in [0.25, 0.3) is 0 Å². The van der Waals surface area contributed by atoms with Crippen LogP contribution in [0.2, 0.25) is 0 Å². The van der Waals surface area contributed by atoms with Crippen molar-refractivity contribution in [3.05, 3.63) is 47.4 Å². The molecule has 0 radical (unpaired) electrons. The largest absolute Gasteiger partial charge is 0.455 e. The molecule has 0 bridgehead atoms. The van der Waals surface area contributed by atoms with Gasteiger partial charge in [-0.1, -0.05) is 30.3 Å². The number of carbonyl (C=O) groups is 1. The fourth-order valence-corrected chi connectivity index (χ4v) is 2.02. The van der Waals surface area contributed by atoms with Crippen molar-refractivity contribution in [2.45, 2.75) is 39.8 Å². The zero-order valence-electron chi connectivity index (χ0n) is 12.9. The molecule has 0 aliphatic heterocycles. The summed E-state index contributed by atoms with van der Waals surface area (Å²) in [5.74, 6) is 0.540. The summed E-state index contributed by atoms with van der Waals surface area (Å²) < 4.78 is 7.14. The van der Waals surface area contributed by atoms with Gasteiger partial charge < -0.3 is 15.0 Å². The van der Waals surface area contributed by atoms with E-state index in [2.05, 4.69) is 4.98 Å². The number of nitrogen functional groups attached to an aromatic ring is 1. The van der Waals surface area contributed by atoms with Crippen molar-refractivity contribution in [3.8, 4) is 0 Å². The first-order valence-electron chi connectivity index (χ1n) is 6.88. The first kappa shape index (κ1) is 15.1. The van der Waals surface area contributed by atoms with Gasteiger partial charge in [0.15, 0.2) is 5.69 Å². The topological polar surface area (TPSA) is 70.1 Å². The SMILES string of the molecule is Cc1nc(C(=O)OC(C)(C)C)c(N)n1Cc1ccccc1. The smallest absolute Gasteiger partial charge is 0.361 e. The standard InChI is InChI=1S/C16H21N3O2/c1-11-18-13(15(20)21-16(2,3)4)14(17)19(11)10-12-8-6-5-7-9-12/h5-9H,10,17H2,1-4H3. The molecule has 0 saturated carbocycles. The van der Waals surface area contributed by atoms with Crippen LogP contribution >= 0.6 is 0 Å². The lowest BCUT2D eigenvalue weighted by Crippen LogP contribution is -2.24. The molecule has 0 atom stereocenters. The van der Waals surface area contributed by atoms with Crippen molar-refractivity contribution in [1.29, 1.82) is 0 Å². The summed E-state index contributed by atoms with van der Waals surface area (Å²) in [4.78, 5) is 16.4. The molecular weight excluding hydrogens is 266 g/mol. The van der Waals surface area contributed by atoms with Gasteiger partial charge in [-0.15, -0.1) is 0 Å². The van der Waals surface area contributed by atoms with Crippen molar-refractivity contribution < 1.29 is 9.53 Å². The van der Waals surface area contributed by atoms with E-state index in [1.54, 1.807) is 0 Å². The Kier molecular flexibility index (Phi) is 4.02. The van der Waals surface area contributed by atoms with E-state index in [-0.39, 0.29) is 5.69 Å². The number of hydrogen-bond acceptors (Lipinski definition) is 4. The van der Waals surface area contributed by atoms with E-state index in [1.165, 1.54) is 0 Å². The van der Waals surface area contributed by atoms with Crippen LogP contribution in [0.4, 0.5) is 5.82 Å². The maximum atomic E-state index is 12.1. The predicted molar refractivity (Wildman–Crippen MR) is 82.1 cm³/mol. The van der Waals surface area contributed by atoms with Gasteiger partial charge >= 0.3 is 5.97 Å². The van der Waals surface area contributed by atoms with Crippen molar-refractivity contribution in [1.82, 2.24) is 9.55 Å². The number of nitrogens with zero attached hydrogens (tertiary/aromatic N) is 2. The molecule has 0 unspecified atom stereocenters. The number of hydrogen-bond donors (Lipinski definition) is 1.